The highest BCUT2D eigenvalue weighted by molar-refractivity contribution is 7.86. The van der Waals surface area contributed by atoms with Gasteiger partial charge in [-0.1, -0.05) is 12.8 Å². The van der Waals surface area contributed by atoms with Crippen LogP contribution in [0, 0.1) is 10.7 Å². The van der Waals surface area contributed by atoms with E-state index in [9.17, 15) is 13.6 Å². The van der Waals surface area contributed by atoms with Gasteiger partial charge in [0.2, 0.25) is 4.91 Å². The fourth-order valence-electron chi connectivity index (χ4n) is 2.38. The summed E-state index contributed by atoms with van der Waals surface area (Å²) in [4.78, 5) is 2.87. The van der Waals surface area contributed by atoms with Gasteiger partial charge in [-0.05, 0) is 25.0 Å². The Morgan fingerprint density at radius 1 is 1.32 bits per heavy atom. The lowest BCUT2D eigenvalue weighted by molar-refractivity contribution is -0.991. The molecule has 0 radical (unpaired) electrons. The summed E-state index contributed by atoms with van der Waals surface area (Å²) in [5, 5.41) is 22.2. The van der Waals surface area contributed by atoms with Gasteiger partial charge in [-0.2, -0.15) is 13.6 Å². The molecule has 0 heterocycles. The van der Waals surface area contributed by atoms with Crippen LogP contribution in [0.4, 0.5) is 5.69 Å². The topological polar surface area (TPSA) is 141 Å². The summed E-state index contributed by atoms with van der Waals surface area (Å²) in [5.74, 6) is 0. The monoisotopic (exact) mass is 329 g/mol. The first-order valence-electron chi connectivity index (χ1n) is 6.77. The summed E-state index contributed by atoms with van der Waals surface area (Å²) in [5.41, 5.74) is 6.78. The van der Waals surface area contributed by atoms with E-state index in [1.165, 1.54) is 24.3 Å². The lowest BCUT2D eigenvalue weighted by Crippen LogP contribution is -2.99. The molecule has 0 spiro atoms. The molecule has 120 valence electrons. The Morgan fingerprint density at radius 2 is 1.95 bits per heavy atom. The molecule has 3 atom stereocenters. The molecule has 9 nitrogen and oxygen atoms in total. The van der Waals surface area contributed by atoms with Crippen molar-refractivity contribution in [1.82, 2.24) is 4.91 Å². The molecule has 1 aromatic carbocycles. The molecule has 1 fully saturated rings. The zero-order chi connectivity index (χ0) is 16.2. The summed E-state index contributed by atoms with van der Waals surface area (Å²) in [6.07, 6.45) is 2.21. The van der Waals surface area contributed by atoms with Crippen molar-refractivity contribution in [3.05, 3.63) is 29.5 Å². The third-order valence-corrected chi connectivity index (χ3v) is 4.86. The third-order valence-electron chi connectivity index (χ3n) is 3.51. The van der Waals surface area contributed by atoms with Gasteiger partial charge < -0.3 is 5.21 Å². The Labute approximate surface area is 127 Å². The van der Waals surface area contributed by atoms with Crippen molar-refractivity contribution in [2.45, 2.75) is 42.7 Å². The zero-order valence-corrected chi connectivity index (χ0v) is 12.5. The maximum absolute atomic E-state index is 12.2. The molecule has 1 aliphatic carbocycles. The van der Waals surface area contributed by atoms with E-state index in [1.807, 2.05) is 0 Å². The lowest BCUT2D eigenvalue weighted by Gasteiger charge is -2.24. The van der Waals surface area contributed by atoms with E-state index in [4.69, 9.17) is 14.9 Å². The second-order valence-electron chi connectivity index (χ2n) is 4.99. The van der Waals surface area contributed by atoms with Gasteiger partial charge in [0.25, 0.3) is 10.1 Å². The van der Waals surface area contributed by atoms with E-state index < -0.39 is 27.5 Å². The second kappa shape index (κ2) is 7.05. The molecule has 2 rings (SSSR count). The smallest absolute Gasteiger partial charge is 0.297 e. The number of nitrogens with zero attached hydrogens (tertiary/aromatic N) is 2. The molecule has 0 amide bonds. The largest absolute Gasteiger partial charge is 0.595 e. The number of hydrogen-bond acceptors (Lipinski definition) is 7. The first-order valence-corrected chi connectivity index (χ1v) is 8.18. The number of hydrogen-bond donors (Lipinski definition) is 3. The Morgan fingerprint density at radius 3 is 2.55 bits per heavy atom. The summed E-state index contributed by atoms with van der Waals surface area (Å²) in [6, 6.07) is 4.37. The van der Waals surface area contributed by atoms with Crippen LogP contribution in [0.5, 0.6) is 0 Å². The predicted octanol–water partition coefficient (Wildman–Crippen LogP) is 0.657. The number of quaternary nitrogens is 1. The van der Waals surface area contributed by atoms with Gasteiger partial charge in [-0.3, -0.25) is 4.18 Å². The highest BCUT2D eigenvalue weighted by Crippen LogP contribution is 2.27. The minimum absolute atomic E-state index is 0.00232. The van der Waals surface area contributed by atoms with E-state index in [2.05, 4.69) is 10.0 Å². The number of nitrogens with one attached hydrogen (secondary N) is 2. The Kier molecular flexibility index (Phi) is 5.35. The van der Waals surface area contributed by atoms with Crippen molar-refractivity contribution < 1.29 is 23.0 Å². The molecule has 1 unspecified atom stereocenters. The van der Waals surface area contributed by atoms with Crippen LogP contribution in [0.1, 0.15) is 25.7 Å². The summed E-state index contributed by atoms with van der Waals surface area (Å²) in [7, 11) is -4.01. The molecular weight excluding hydrogens is 312 g/mol. The van der Waals surface area contributed by atoms with Crippen molar-refractivity contribution >= 4 is 15.8 Å². The minimum Gasteiger partial charge on any atom is -0.595 e. The standard InChI is InChI=1S/C12H17N4O5S/c13-15-14-11-3-1-2-4-12(11)21-22(19,20)10-7-5-9(6-8-10)16(17)18/h5-8,11-13,16-17H,1-4H2/q+1/t11-,12-/m1/s1. The van der Waals surface area contributed by atoms with E-state index in [1.54, 1.807) is 0 Å². The van der Waals surface area contributed by atoms with Crippen molar-refractivity contribution in [2.24, 2.45) is 5.11 Å². The van der Waals surface area contributed by atoms with Gasteiger partial charge in [0.15, 0.2) is 11.7 Å². The minimum atomic E-state index is -4.01. The van der Waals surface area contributed by atoms with Gasteiger partial charge in [-0.15, -0.1) is 0 Å². The fraction of sp³-hybridized carbons (Fsp3) is 0.500. The maximum atomic E-state index is 12.2. The molecule has 0 aromatic heterocycles. The van der Waals surface area contributed by atoms with Crippen LogP contribution < -0.4 is 10.1 Å². The lowest BCUT2D eigenvalue weighted by atomic mass is 9.93. The third kappa shape index (κ3) is 3.95. The van der Waals surface area contributed by atoms with Crippen molar-refractivity contribution in [3.8, 4) is 0 Å². The Balaban J connectivity index is 2.17. The Hall–Kier alpha value is -1.68. The van der Waals surface area contributed by atoms with Crippen LogP contribution >= 0.6 is 0 Å². The molecule has 10 heteroatoms. The van der Waals surface area contributed by atoms with Gasteiger partial charge in [0.05, 0.1) is 4.90 Å². The number of benzene rings is 1. The molecule has 1 aliphatic rings. The molecule has 3 N–H and O–H groups in total. The van der Waals surface area contributed by atoms with Crippen molar-refractivity contribution in [2.75, 3.05) is 0 Å². The average molecular weight is 329 g/mol. The van der Waals surface area contributed by atoms with E-state index >= 15 is 0 Å². The quantitative estimate of drug-likeness (QED) is 0.315. The second-order valence-corrected chi connectivity index (χ2v) is 6.56. The summed E-state index contributed by atoms with van der Waals surface area (Å²) in [6.45, 7) is 0. The van der Waals surface area contributed by atoms with E-state index in [-0.39, 0.29) is 10.6 Å². The van der Waals surface area contributed by atoms with Crippen LogP contribution in [0.2, 0.25) is 0 Å². The molecule has 1 saturated carbocycles. The molecule has 0 bridgehead atoms. The van der Waals surface area contributed by atoms with Crippen LogP contribution in [-0.2, 0) is 14.3 Å². The molecule has 0 aliphatic heterocycles. The highest BCUT2D eigenvalue weighted by Gasteiger charge is 2.34. The first kappa shape index (κ1) is 16.7. The molecule has 22 heavy (non-hydrogen) atoms. The molecule has 0 saturated heterocycles. The van der Waals surface area contributed by atoms with Gasteiger partial charge in [0, 0.05) is 12.1 Å². The van der Waals surface area contributed by atoms with Crippen molar-refractivity contribution in [1.29, 1.82) is 5.53 Å². The fourth-order valence-corrected chi connectivity index (χ4v) is 3.51. The SMILES string of the molecule is N=[N+]=N[C@@H]1CCCC[C@H]1OS(=O)(=O)c1ccc([NH+]([O-])O)cc1. The van der Waals surface area contributed by atoms with Gasteiger partial charge in [0.1, 0.15) is 16.7 Å². The first-order chi connectivity index (χ1) is 10.4. The number of rotatable bonds is 5. The van der Waals surface area contributed by atoms with Gasteiger partial charge in [-0.25, -0.2) is 5.21 Å². The Bertz CT molecular complexity index is 655. The van der Waals surface area contributed by atoms with Crippen LogP contribution in [0.25, 0.3) is 0 Å². The summed E-state index contributed by atoms with van der Waals surface area (Å²) < 4.78 is 29.7. The van der Waals surface area contributed by atoms with Crippen LogP contribution in [0.15, 0.2) is 34.3 Å². The average Bonchev–Trinajstić information content (AvgIpc) is 2.49. The maximum Gasteiger partial charge on any atom is 0.297 e. The van der Waals surface area contributed by atoms with Crippen LogP contribution in [0.3, 0.4) is 0 Å². The summed E-state index contributed by atoms with van der Waals surface area (Å²) >= 11 is 0. The highest BCUT2D eigenvalue weighted by atomic mass is 32.2. The van der Waals surface area contributed by atoms with Gasteiger partial charge >= 0.3 is 0 Å². The van der Waals surface area contributed by atoms with Crippen LogP contribution in [-0.4, -0.2) is 25.8 Å². The molecule has 1 aromatic rings. The predicted molar refractivity (Wildman–Crippen MR) is 73.8 cm³/mol. The normalized spacial score (nSPS) is 23.5. The molecular formula is C12H17N4O5S+. The van der Waals surface area contributed by atoms with E-state index in [0.717, 1.165) is 12.8 Å². The van der Waals surface area contributed by atoms with Crippen molar-refractivity contribution in [3.63, 3.8) is 0 Å². The van der Waals surface area contributed by atoms with E-state index in [0.29, 0.717) is 12.8 Å². The zero-order valence-electron chi connectivity index (χ0n) is 11.7.